The summed E-state index contributed by atoms with van der Waals surface area (Å²) < 4.78 is 1.52. The molecule has 0 fully saturated rings. The Morgan fingerprint density at radius 3 is 3.07 bits per heavy atom. The summed E-state index contributed by atoms with van der Waals surface area (Å²) in [5.41, 5.74) is 0. The quantitative estimate of drug-likeness (QED) is 0.451. The van der Waals surface area contributed by atoms with E-state index in [4.69, 9.17) is 0 Å². The van der Waals surface area contributed by atoms with Crippen LogP contribution in [0.15, 0.2) is 36.0 Å². The van der Waals surface area contributed by atoms with Crippen molar-refractivity contribution in [2.75, 3.05) is 0 Å². The Morgan fingerprint density at radius 2 is 2.47 bits per heavy atom. The third-order valence-electron chi connectivity index (χ3n) is 1.60. The van der Waals surface area contributed by atoms with Crippen molar-refractivity contribution in [1.29, 1.82) is 0 Å². The molecule has 0 amide bonds. The van der Waals surface area contributed by atoms with Gasteiger partial charge in [0.15, 0.2) is 0 Å². The van der Waals surface area contributed by atoms with E-state index in [1.807, 2.05) is 0 Å². The van der Waals surface area contributed by atoms with Crippen molar-refractivity contribution >= 4 is 22.6 Å². The van der Waals surface area contributed by atoms with E-state index in [9.17, 15) is 10.1 Å². The largest absolute Gasteiger partial charge is 0.324 e. The van der Waals surface area contributed by atoms with Crippen molar-refractivity contribution in [3.63, 3.8) is 0 Å². The highest BCUT2D eigenvalue weighted by Crippen LogP contribution is 2.22. The van der Waals surface area contributed by atoms with Gasteiger partial charge in [-0.3, -0.25) is 10.1 Å². The van der Waals surface area contributed by atoms with E-state index in [1.165, 1.54) is 10.7 Å². The van der Waals surface area contributed by atoms with E-state index in [0.29, 0.717) is 0 Å². The Bertz CT molecular complexity index is 488. The van der Waals surface area contributed by atoms with Crippen molar-refractivity contribution in [1.82, 2.24) is 9.66 Å². The van der Waals surface area contributed by atoms with E-state index in [2.05, 4.69) is 10.1 Å². The summed E-state index contributed by atoms with van der Waals surface area (Å²) in [7, 11) is 0. The maximum absolute atomic E-state index is 10.4. The highest BCUT2D eigenvalue weighted by molar-refractivity contribution is 7.16. The van der Waals surface area contributed by atoms with Crippen molar-refractivity contribution in [3.05, 3.63) is 45.8 Å². The van der Waals surface area contributed by atoms with Crippen LogP contribution in [-0.4, -0.2) is 20.8 Å². The molecule has 6 nitrogen and oxygen atoms in total. The Hall–Kier alpha value is -2.02. The van der Waals surface area contributed by atoms with Crippen molar-refractivity contribution in [2.24, 2.45) is 5.10 Å². The summed E-state index contributed by atoms with van der Waals surface area (Å²) in [6, 6.07) is 3.11. The molecule has 7 heteroatoms. The van der Waals surface area contributed by atoms with Crippen LogP contribution in [0.2, 0.25) is 0 Å². The zero-order chi connectivity index (χ0) is 10.7. The van der Waals surface area contributed by atoms with Gasteiger partial charge in [-0.1, -0.05) is 11.3 Å². The maximum atomic E-state index is 10.4. The molecule has 0 aromatic carbocycles. The molecule has 2 rings (SSSR count). The minimum absolute atomic E-state index is 0.113. The fraction of sp³-hybridized carbons (Fsp3) is 0. The van der Waals surface area contributed by atoms with Gasteiger partial charge in [-0.25, -0.2) is 9.66 Å². The Kier molecular flexibility index (Phi) is 2.55. The molecule has 0 aliphatic carbocycles. The van der Waals surface area contributed by atoms with Crippen LogP contribution in [0.1, 0.15) is 4.88 Å². The molecule has 0 unspecified atom stereocenters. The minimum Gasteiger partial charge on any atom is -0.258 e. The van der Waals surface area contributed by atoms with Gasteiger partial charge in [-0.2, -0.15) is 5.10 Å². The number of hydrogen-bond donors (Lipinski definition) is 0. The molecule has 0 aliphatic rings. The summed E-state index contributed by atoms with van der Waals surface area (Å²) >= 11 is 1.08. The van der Waals surface area contributed by atoms with Gasteiger partial charge in [-0.05, 0) is 6.07 Å². The fourth-order valence-electron chi connectivity index (χ4n) is 0.954. The smallest absolute Gasteiger partial charge is 0.258 e. The second kappa shape index (κ2) is 4.01. The van der Waals surface area contributed by atoms with Crippen LogP contribution in [0.3, 0.4) is 0 Å². The average Bonchev–Trinajstić information content (AvgIpc) is 2.86. The van der Waals surface area contributed by atoms with Gasteiger partial charge in [0.25, 0.3) is 0 Å². The first-order chi connectivity index (χ1) is 7.25. The molecule has 76 valence electrons. The maximum Gasteiger partial charge on any atom is 0.324 e. The van der Waals surface area contributed by atoms with Gasteiger partial charge < -0.3 is 0 Å². The van der Waals surface area contributed by atoms with Crippen LogP contribution in [0.4, 0.5) is 5.00 Å². The Labute approximate surface area is 88.7 Å². The van der Waals surface area contributed by atoms with E-state index < -0.39 is 4.92 Å². The summed E-state index contributed by atoms with van der Waals surface area (Å²) in [5, 5.41) is 14.5. The molecule has 15 heavy (non-hydrogen) atoms. The van der Waals surface area contributed by atoms with E-state index in [0.717, 1.165) is 16.2 Å². The molecule has 0 saturated carbocycles. The molecule has 0 atom stereocenters. The third-order valence-corrected chi connectivity index (χ3v) is 2.57. The molecule has 2 aromatic heterocycles. The average molecular weight is 222 g/mol. The number of aromatic nitrogens is 2. The Morgan fingerprint density at radius 1 is 1.60 bits per heavy atom. The number of nitrogens with zero attached hydrogens (tertiary/aromatic N) is 4. The number of thiophene rings is 1. The fourth-order valence-corrected chi connectivity index (χ4v) is 1.64. The van der Waals surface area contributed by atoms with Crippen molar-refractivity contribution < 1.29 is 4.92 Å². The van der Waals surface area contributed by atoms with Crippen LogP contribution in [-0.2, 0) is 0 Å². The van der Waals surface area contributed by atoms with E-state index in [-0.39, 0.29) is 5.00 Å². The molecule has 0 N–H and O–H groups in total. The zero-order valence-electron chi connectivity index (χ0n) is 7.48. The second-order valence-corrected chi connectivity index (χ2v) is 3.71. The molecule has 0 radical (unpaired) electrons. The van der Waals surface area contributed by atoms with Crippen LogP contribution in [0, 0.1) is 10.1 Å². The lowest BCUT2D eigenvalue weighted by molar-refractivity contribution is -0.380. The van der Waals surface area contributed by atoms with Gasteiger partial charge in [0.1, 0.15) is 6.33 Å². The predicted molar refractivity (Wildman–Crippen MR) is 56.2 cm³/mol. The minimum atomic E-state index is -0.417. The standard InChI is InChI=1S/C8H6N4O2S/c13-12(14)8-2-1-7(15-8)5-10-11-4-3-9-6-11/h1-6H/b10-5+. The second-order valence-electron chi connectivity index (χ2n) is 2.62. The topological polar surface area (TPSA) is 73.3 Å². The molecule has 2 aromatic rings. The SMILES string of the molecule is O=[N+]([O-])c1ccc(/C=N/n2ccnc2)s1. The lowest BCUT2D eigenvalue weighted by Crippen LogP contribution is -1.84. The lowest BCUT2D eigenvalue weighted by Gasteiger charge is -1.87. The number of nitro groups is 1. The van der Waals surface area contributed by atoms with Gasteiger partial charge >= 0.3 is 5.00 Å². The van der Waals surface area contributed by atoms with Gasteiger partial charge in [-0.15, -0.1) is 0 Å². The first kappa shape index (κ1) is 9.53. The van der Waals surface area contributed by atoms with Gasteiger partial charge in [0.05, 0.1) is 16.0 Å². The first-order valence-corrected chi connectivity index (χ1v) is 4.84. The molecule has 0 spiro atoms. The van der Waals surface area contributed by atoms with E-state index >= 15 is 0 Å². The molecular formula is C8H6N4O2S. The third kappa shape index (κ3) is 2.26. The number of hydrogen-bond acceptors (Lipinski definition) is 5. The summed E-state index contributed by atoms with van der Waals surface area (Å²) in [4.78, 5) is 14.5. The predicted octanol–water partition coefficient (Wildman–Crippen LogP) is 1.73. The highest BCUT2D eigenvalue weighted by atomic mass is 32.1. The summed E-state index contributed by atoms with van der Waals surface area (Å²) in [6.45, 7) is 0. The monoisotopic (exact) mass is 222 g/mol. The molecule has 0 aliphatic heterocycles. The summed E-state index contributed by atoms with van der Waals surface area (Å²) in [5.74, 6) is 0. The first-order valence-electron chi connectivity index (χ1n) is 4.02. The Balaban J connectivity index is 2.14. The molecule has 0 saturated heterocycles. The normalized spacial score (nSPS) is 10.9. The van der Waals surface area contributed by atoms with Crippen LogP contribution >= 0.6 is 11.3 Å². The highest BCUT2D eigenvalue weighted by Gasteiger charge is 2.07. The molecule has 2 heterocycles. The molecular weight excluding hydrogens is 216 g/mol. The van der Waals surface area contributed by atoms with Crippen molar-refractivity contribution in [2.45, 2.75) is 0 Å². The van der Waals surface area contributed by atoms with Crippen LogP contribution in [0.5, 0.6) is 0 Å². The molecule has 0 bridgehead atoms. The lowest BCUT2D eigenvalue weighted by atomic mass is 10.5. The van der Waals surface area contributed by atoms with E-state index in [1.54, 1.807) is 31.0 Å². The van der Waals surface area contributed by atoms with Gasteiger partial charge in [0.2, 0.25) is 0 Å². The van der Waals surface area contributed by atoms with Crippen molar-refractivity contribution in [3.8, 4) is 0 Å². The number of imidazole rings is 1. The zero-order valence-corrected chi connectivity index (χ0v) is 8.29. The number of rotatable bonds is 3. The van der Waals surface area contributed by atoms with Gasteiger partial charge in [0, 0.05) is 18.5 Å². The van der Waals surface area contributed by atoms with Crippen LogP contribution < -0.4 is 0 Å². The summed E-state index contributed by atoms with van der Waals surface area (Å²) in [6.07, 6.45) is 6.38. The van der Waals surface area contributed by atoms with Crippen LogP contribution in [0.25, 0.3) is 0 Å².